The van der Waals surface area contributed by atoms with Gasteiger partial charge in [0.25, 0.3) is 0 Å². The van der Waals surface area contributed by atoms with Crippen molar-refractivity contribution in [2.75, 3.05) is 12.4 Å². The average Bonchev–Trinajstić information content (AvgIpc) is 3.20. The Balaban J connectivity index is 1.78. The number of ether oxygens (including phenoxy) is 2. The third-order valence-electron chi connectivity index (χ3n) is 6.60. The third-order valence-corrected chi connectivity index (χ3v) is 6.60. The fraction of sp³-hybridized carbons (Fsp3) is 0.562. The number of methoxy groups -OCH3 is 1. The average molecular weight is 522 g/mol. The number of esters is 1. The Morgan fingerprint density at radius 1 is 0.947 bits per heavy atom. The molecule has 1 N–H and O–H groups in total. The van der Waals surface area contributed by atoms with Crippen LogP contribution in [-0.2, 0) is 4.79 Å². The number of anilines is 1. The van der Waals surface area contributed by atoms with Crippen LogP contribution in [0.3, 0.4) is 0 Å². The van der Waals surface area contributed by atoms with Crippen molar-refractivity contribution in [1.29, 1.82) is 0 Å². The maximum Gasteiger partial charge on any atom is 0.311 e. The quantitative estimate of drug-likeness (QED) is 0.131. The van der Waals surface area contributed by atoms with Crippen molar-refractivity contribution in [3.05, 3.63) is 42.6 Å². The Morgan fingerprint density at radius 3 is 2.34 bits per heavy atom. The molecule has 0 saturated carbocycles. The molecule has 6 heteroatoms. The standard InChI is InChI=1S/C32H47N3O3/c1-8-9-10-11-12-13-14-18-28(36)38-25-20-19-24(22-26(25)37-7)29-30(34-32(5,6)23-31(2,3)4)35-21-16-15-17-27(35)33-29/h15-17,19-22,34H,8-14,18,23H2,1-7H3. The molecule has 2 aromatic heterocycles. The first-order chi connectivity index (χ1) is 18.0. The number of carbonyl (C=O) groups excluding carboxylic acids is 1. The van der Waals surface area contributed by atoms with E-state index in [4.69, 9.17) is 14.5 Å². The second-order valence-electron chi connectivity index (χ2n) is 12.2. The number of imidazole rings is 1. The monoisotopic (exact) mass is 521 g/mol. The molecule has 1 aromatic carbocycles. The molecule has 0 unspecified atom stereocenters. The van der Waals surface area contributed by atoms with Gasteiger partial charge in [-0.25, -0.2) is 4.98 Å². The highest BCUT2D eigenvalue weighted by molar-refractivity contribution is 5.79. The van der Waals surface area contributed by atoms with Crippen LogP contribution in [0.5, 0.6) is 11.5 Å². The zero-order valence-corrected chi connectivity index (χ0v) is 24.5. The number of benzene rings is 1. The number of aromatic nitrogens is 2. The third kappa shape index (κ3) is 8.50. The number of pyridine rings is 1. The lowest BCUT2D eigenvalue weighted by Crippen LogP contribution is -2.36. The maximum absolute atomic E-state index is 12.5. The molecule has 0 aliphatic heterocycles. The lowest BCUT2D eigenvalue weighted by molar-refractivity contribution is -0.134. The molecule has 3 aromatic rings. The molecule has 3 rings (SSSR count). The SMILES string of the molecule is CCCCCCCCCC(=O)Oc1ccc(-c2nc3ccccn3c2NC(C)(C)CC(C)(C)C)cc1OC. The minimum atomic E-state index is -0.219. The largest absolute Gasteiger partial charge is 0.493 e. The van der Waals surface area contributed by atoms with Crippen LogP contribution in [-0.4, -0.2) is 28.0 Å². The smallest absolute Gasteiger partial charge is 0.311 e. The molecule has 0 atom stereocenters. The van der Waals surface area contributed by atoms with Gasteiger partial charge in [0, 0.05) is 23.7 Å². The van der Waals surface area contributed by atoms with Crippen LogP contribution in [0, 0.1) is 5.41 Å². The summed E-state index contributed by atoms with van der Waals surface area (Å²) in [5.74, 6) is 1.67. The van der Waals surface area contributed by atoms with E-state index in [2.05, 4.69) is 51.3 Å². The zero-order valence-electron chi connectivity index (χ0n) is 24.5. The van der Waals surface area contributed by atoms with E-state index in [0.29, 0.717) is 17.9 Å². The van der Waals surface area contributed by atoms with Crippen molar-refractivity contribution < 1.29 is 14.3 Å². The van der Waals surface area contributed by atoms with E-state index in [0.717, 1.165) is 42.0 Å². The summed E-state index contributed by atoms with van der Waals surface area (Å²) in [6.45, 7) is 13.4. The fourth-order valence-electron chi connectivity index (χ4n) is 5.31. The lowest BCUT2D eigenvalue weighted by atomic mass is 9.82. The van der Waals surface area contributed by atoms with E-state index >= 15 is 0 Å². The molecule has 2 heterocycles. The van der Waals surface area contributed by atoms with Crippen molar-refractivity contribution in [1.82, 2.24) is 9.38 Å². The number of hydrogen-bond donors (Lipinski definition) is 1. The summed E-state index contributed by atoms with van der Waals surface area (Å²) >= 11 is 0. The summed E-state index contributed by atoms with van der Waals surface area (Å²) in [5, 5.41) is 3.77. The van der Waals surface area contributed by atoms with E-state index in [1.165, 1.54) is 32.1 Å². The summed E-state index contributed by atoms with van der Waals surface area (Å²) in [4.78, 5) is 17.5. The summed E-state index contributed by atoms with van der Waals surface area (Å²) in [7, 11) is 1.60. The second kappa shape index (κ2) is 13.2. The van der Waals surface area contributed by atoms with Gasteiger partial charge in [-0.2, -0.15) is 0 Å². The first kappa shape index (κ1) is 29.5. The summed E-state index contributed by atoms with van der Waals surface area (Å²) in [6.07, 6.45) is 11.6. The van der Waals surface area contributed by atoms with E-state index in [-0.39, 0.29) is 16.9 Å². The van der Waals surface area contributed by atoms with E-state index in [1.807, 2.05) is 42.6 Å². The van der Waals surface area contributed by atoms with Crippen molar-refractivity contribution in [2.45, 2.75) is 105 Å². The number of nitrogens with zero attached hydrogens (tertiary/aromatic N) is 2. The molecule has 6 nitrogen and oxygen atoms in total. The van der Waals surface area contributed by atoms with Crippen LogP contribution in [0.1, 0.15) is 99.3 Å². The first-order valence-corrected chi connectivity index (χ1v) is 14.2. The van der Waals surface area contributed by atoms with Gasteiger partial charge in [0.15, 0.2) is 11.5 Å². The molecule has 0 spiro atoms. The van der Waals surface area contributed by atoms with Gasteiger partial charge < -0.3 is 14.8 Å². The molecule has 0 aliphatic rings. The fourth-order valence-corrected chi connectivity index (χ4v) is 5.31. The molecular formula is C32H47N3O3. The van der Waals surface area contributed by atoms with Crippen molar-refractivity contribution in [3.8, 4) is 22.8 Å². The Morgan fingerprint density at radius 2 is 1.66 bits per heavy atom. The van der Waals surface area contributed by atoms with E-state index in [9.17, 15) is 4.79 Å². The number of hydrogen-bond acceptors (Lipinski definition) is 5. The number of carbonyl (C=O) groups is 1. The Hall–Kier alpha value is -3.02. The predicted molar refractivity (Wildman–Crippen MR) is 157 cm³/mol. The van der Waals surface area contributed by atoms with Crippen molar-refractivity contribution in [2.24, 2.45) is 5.41 Å². The van der Waals surface area contributed by atoms with Gasteiger partial charge in [-0.3, -0.25) is 9.20 Å². The first-order valence-electron chi connectivity index (χ1n) is 14.2. The van der Waals surface area contributed by atoms with Gasteiger partial charge in [-0.1, -0.05) is 72.3 Å². The van der Waals surface area contributed by atoms with Gasteiger partial charge in [-0.15, -0.1) is 0 Å². The number of unbranched alkanes of at least 4 members (excludes halogenated alkanes) is 6. The zero-order chi connectivity index (χ0) is 27.8. The number of nitrogens with one attached hydrogen (secondary N) is 1. The molecule has 0 amide bonds. The van der Waals surface area contributed by atoms with Crippen LogP contribution in [0.2, 0.25) is 0 Å². The van der Waals surface area contributed by atoms with Gasteiger partial charge in [0.2, 0.25) is 0 Å². The van der Waals surface area contributed by atoms with E-state index in [1.54, 1.807) is 7.11 Å². The van der Waals surface area contributed by atoms with Gasteiger partial charge in [0.05, 0.1) is 7.11 Å². The summed E-state index contributed by atoms with van der Waals surface area (Å²) in [5.41, 5.74) is 2.60. The topological polar surface area (TPSA) is 64.9 Å². The maximum atomic E-state index is 12.5. The molecular weight excluding hydrogens is 474 g/mol. The number of fused-ring (bicyclic) bond motifs is 1. The van der Waals surface area contributed by atoms with Gasteiger partial charge in [-0.05, 0) is 62.4 Å². The Kier molecular flexibility index (Phi) is 10.2. The van der Waals surface area contributed by atoms with Crippen LogP contribution < -0.4 is 14.8 Å². The molecule has 38 heavy (non-hydrogen) atoms. The van der Waals surface area contributed by atoms with Crippen LogP contribution >= 0.6 is 0 Å². The van der Waals surface area contributed by atoms with Crippen LogP contribution in [0.15, 0.2) is 42.6 Å². The molecule has 0 saturated heterocycles. The normalized spacial score (nSPS) is 12.1. The van der Waals surface area contributed by atoms with Gasteiger partial charge >= 0.3 is 5.97 Å². The van der Waals surface area contributed by atoms with Crippen molar-refractivity contribution >= 4 is 17.4 Å². The van der Waals surface area contributed by atoms with Crippen LogP contribution in [0.25, 0.3) is 16.9 Å². The predicted octanol–water partition coefficient (Wildman–Crippen LogP) is 8.68. The number of rotatable bonds is 14. The van der Waals surface area contributed by atoms with E-state index < -0.39 is 0 Å². The highest BCUT2D eigenvalue weighted by atomic mass is 16.6. The molecule has 0 fully saturated rings. The summed E-state index contributed by atoms with van der Waals surface area (Å²) in [6, 6.07) is 11.7. The highest BCUT2D eigenvalue weighted by Gasteiger charge is 2.28. The molecule has 0 bridgehead atoms. The molecule has 0 radical (unpaired) electrons. The van der Waals surface area contributed by atoms with Crippen molar-refractivity contribution in [3.63, 3.8) is 0 Å². The minimum absolute atomic E-state index is 0.158. The second-order valence-corrected chi connectivity index (χ2v) is 12.2. The summed E-state index contributed by atoms with van der Waals surface area (Å²) < 4.78 is 13.4. The van der Waals surface area contributed by atoms with Gasteiger partial charge in [0.1, 0.15) is 17.2 Å². The highest BCUT2D eigenvalue weighted by Crippen LogP contribution is 2.38. The lowest BCUT2D eigenvalue weighted by Gasteiger charge is -2.34. The Bertz CT molecular complexity index is 1190. The minimum Gasteiger partial charge on any atom is -0.493 e. The molecule has 0 aliphatic carbocycles. The molecule has 208 valence electrons. The van der Waals surface area contributed by atoms with Crippen LogP contribution in [0.4, 0.5) is 5.82 Å². The Labute approximate surface area is 229 Å².